The van der Waals surface area contributed by atoms with Crippen molar-refractivity contribution in [3.8, 4) is 11.3 Å². The van der Waals surface area contributed by atoms with Gasteiger partial charge in [0.05, 0.1) is 5.69 Å². The molecular formula is C23H33N5. The van der Waals surface area contributed by atoms with Gasteiger partial charge in [-0.05, 0) is 59.2 Å². The molecule has 0 saturated heterocycles. The lowest BCUT2D eigenvalue weighted by atomic mass is 9.97. The molecule has 3 rings (SSSR count). The van der Waals surface area contributed by atoms with Crippen LogP contribution >= 0.6 is 0 Å². The Morgan fingerprint density at radius 3 is 2.61 bits per heavy atom. The van der Waals surface area contributed by atoms with E-state index in [0.717, 1.165) is 49.6 Å². The lowest BCUT2D eigenvalue weighted by molar-refractivity contribution is 0.405. The first kappa shape index (κ1) is 20.3. The first-order valence-corrected chi connectivity index (χ1v) is 10.5. The van der Waals surface area contributed by atoms with E-state index in [1.165, 1.54) is 25.7 Å². The van der Waals surface area contributed by atoms with Gasteiger partial charge < -0.3 is 15.5 Å². The van der Waals surface area contributed by atoms with Crippen LogP contribution in [0.3, 0.4) is 0 Å². The van der Waals surface area contributed by atoms with Gasteiger partial charge in [0.15, 0.2) is 0 Å². The highest BCUT2D eigenvalue weighted by molar-refractivity contribution is 5.64. The lowest BCUT2D eigenvalue weighted by Crippen LogP contribution is -2.17. The van der Waals surface area contributed by atoms with Gasteiger partial charge in [0.2, 0.25) is 5.95 Å². The fourth-order valence-corrected chi connectivity index (χ4v) is 3.45. The van der Waals surface area contributed by atoms with Crippen LogP contribution in [0.25, 0.3) is 11.3 Å². The second kappa shape index (κ2) is 10.8. The van der Waals surface area contributed by atoms with Crippen molar-refractivity contribution in [2.24, 2.45) is 0 Å². The monoisotopic (exact) mass is 379 g/mol. The van der Waals surface area contributed by atoms with Crippen LogP contribution in [0.1, 0.15) is 38.5 Å². The minimum absolute atomic E-state index is 0.702. The maximum Gasteiger partial charge on any atom is 0.225 e. The number of rotatable bonds is 10. The van der Waals surface area contributed by atoms with Gasteiger partial charge in [-0.3, -0.25) is 0 Å². The molecule has 0 bridgehead atoms. The summed E-state index contributed by atoms with van der Waals surface area (Å²) in [6.07, 6.45) is 9.69. The molecule has 0 aliphatic heterocycles. The van der Waals surface area contributed by atoms with Gasteiger partial charge in [-0.15, -0.1) is 0 Å². The summed E-state index contributed by atoms with van der Waals surface area (Å²) in [5, 5.41) is 6.90. The fourth-order valence-electron chi connectivity index (χ4n) is 3.45. The van der Waals surface area contributed by atoms with Crippen molar-refractivity contribution in [1.29, 1.82) is 0 Å². The van der Waals surface area contributed by atoms with Crippen molar-refractivity contribution in [1.82, 2.24) is 14.9 Å². The Hall–Kier alpha value is -2.40. The molecule has 0 unspecified atom stereocenters. The molecule has 0 saturated carbocycles. The average molecular weight is 380 g/mol. The molecule has 0 spiro atoms. The van der Waals surface area contributed by atoms with Crippen molar-refractivity contribution in [2.45, 2.75) is 38.5 Å². The van der Waals surface area contributed by atoms with Crippen LogP contribution < -0.4 is 10.6 Å². The third kappa shape index (κ3) is 6.64. The van der Waals surface area contributed by atoms with Gasteiger partial charge in [-0.1, -0.05) is 42.0 Å². The number of hydrogen-bond acceptors (Lipinski definition) is 5. The summed E-state index contributed by atoms with van der Waals surface area (Å²) in [6.45, 7) is 2.84. The number of aromatic nitrogens is 2. The Labute approximate surface area is 169 Å². The van der Waals surface area contributed by atoms with Crippen molar-refractivity contribution in [2.75, 3.05) is 44.4 Å². The average Bonchev–Trinajstić information content (AvgIpc) is 2.72. The summed E-state index contributed by atoms with van der Waals surface area (Å²) in [5.74, 6) is 1.58. The largest absolute Gasteiger partial charge is 0.370 e. The molecule has 1 aromatic carbocycles. The van der Waals surface area contributed by atoms with Gasteiger partial charge in [0.25, 0.3) is 0 Å². The predicted molar refractivity (Wildman–Crippen MR) is 119 cm³/mol. The van der Waals surface area contributed by atoms with Gasteiger partial charge in [-0.2, -0.15) is 4.98 Å². The summed E-state index contributed by atoms with van der Waals surface area (Å²) >= 11 is 0. The maximum atomic E-state index is 4.75. The van der Waals surface area contributed by atoms with Gasteiger partial charge in [0, 0.05) is 24.7 Å². The number of benzene rings is 1. The van der Waals surface area contributed by atoms with Gasteiger partial charge in [-0.25, -0.2) is 4.98 Å². The molecule has 2 N–H and O–H groups in total. The lowest BCUT2D eigenvalue weighted by Gasteiger charge is -2.14. The topological polar surface area (TPSA) is 53.1 Å². The quantitative estimate of drug-likeness (QED) is 0.458. The summed E-state index contributed by atoms with van der Waals surface area (Å²) in [6, 6.07) is 12.3. The summed E-state index contributed by atoms with van der Waals surface area (Å²) in [4.78, 5) is 11.6. The van der Waals surface area contributed by atoms with E-state index in [0.29, 0.717) is 5.95 Å². The molecule has 1 aliphatic carbocycles. The zero-order chi connectivity index (χ0) is 19.6. The Bertz CT molecular complexity index is 755. The van der Waals surface area contributed by atoms with Crippen LogP contribution in [0.5, 0.6) is 0 Å². The molecule has 0 amide bonds. The maximum absolute atomic E-state index is 4.75. The highest BCUT2D eigenvalue weighted by Gasteiger charge is 2.08. The van der Waals surface area contributed by atoms with E-state index in [9.17, 15) is 0 Å². The number of allylic oxidation sites excluding steroid dienone is 1. The zero-order valence-corrected chi connectivity index (χ0v) is 17.2. The number of anilines is 2. The third-order valence-electron chi connectivity index (χ3n) is 5.00. The second-order valence-electron chi connectivity index (χ2n) is 7.70. The van der Waals surface area contributed by atoms with Crippen molar-refractivity contribution >= 4 is 11.8 Å². The van der Waals surface area contributed by atoms with Crippen LogP contribution in [0.15, 0.2) is 48.0 Å². The van der Waals surface area contributed by atoms with Crippen LogP contribution in [-0.2, 0) is 0 Å². The molecule has 1 aromatic heterocycles. The Morgan fingerprint density at radius 2 is 1.86 bits per heavy atom. The van der Waals surface area contributed by atoms with E-state index in [4.69, 9.17) is 9.97 Å². The summed E-state index contributed by atoms with van der Waals surface area (Å²) in [5.41, 5.74) is 3.63. The van der Waals surface area contributed by atoms with E-state index < -0.39 is 0 Å². The highest BCUT2D eigenvalue weighted by atomic mass is 15.1. The predicted octanol–water partition coefficient (Wildman–Crippen LogP) is 4.81. The molecule has 2 aromatic rings. The molecule has 150 valence electrons. The summed E-state index contributed by atoms with van der Waals surface area (Å²) < 4.78 is 0. The molecule has 28 heavy (non-hydrogen) atoms. The Balaban J connectivity index is 1.66. The number of hydrogen-bond donors (Lipinski definition) is 2. The SMILES string of the molecule is CN(C)CCCNc1cc(-c2ccccc2)nc(NCCC2=CCCCC2)n1. The zero-order valence-electron chi connectivity index (χ0n) is 17.2. The van der Waals surface area contributed by atoms with Crippen LogP contribution in [0.2, 0.25) is 0 Å². The molecular weight excluding hydrogens is 346 g/mol. The molecule has 1 aliphatic rings. The first-order chi connectivity index (χ1) is 13.7. The van der Waals surface area contributed by atoms with Crippen LogP contribution in [-0.4, -0.2) is 48.6 Å². The van der Waals surface area contributed by atoms with E-state index in [1.807, 2.05) is 24.3 Å². The number of nitrogens with one attached hydrogen (secondary N) is 2. The third-order valence-corrected chi connectivity index (χ3v) is 5.00. The standard InChI is InChI=1S/C23H33N5/c1-28(2)17-9-15-24-22-18-21(20-12-7-4-8-13-20)26-23(27-22)25-16-14-19-10-5-3-6-11-19/h4,7-8,10,12-13,18H,3,5-6,9,11,14-17H2,1-2H3,(H2,24,25,26,27). The smallest absolute Gasteiger partial charge is 0.225 e. The fraction of sp³-hybridized carbons (Fsp3) is 0.478. The van der Waals surface area contributed by atoms with Crippen LogP contribution in [0.4, 0.5) is 11.8 Å². The molecule has 0 fully saturated rings. The number of nitrogens with zero attached hydrogens (tertiary/aromatic N) is 3. The van der Waals surface area contributed by atoms with Gasteiger partial charge in [0.1, 0.15) is 5.82 Å². The Kier molecular flexibility index (Phi) is 7.85. The van der Waals surface area contributed by atoms with E-state index in [-0.39, 0.29) is 0 Å². The molecule has 5 heteroatoms. The normalized spacial score (nSPS) is 14.0. The molecule has 5 nitrogen and oxygen atoms in total. The van der Waals surface area contributed by atoms with Crippen LogP contribution in [0, 0.1) is 0 Å². The highest BCUT2D eigenvalue weighted by Crippen LogP contribution is 2.22. The van der Waals surface area contributed by atoms with Gasteiger partial charge >= 0.3 is 0 Å². The minimum Gasteiger partial charge on any atom is -0.370 e. The van der Waals surface area contributed by atoms with E-state index in [2.05, 4.69) is 47.8 Å². The van der Waals surface area contributed by atoms with E-state index in [1.54, 1.807) is 5.57 Å². The first-order valence-electron chi connectivity index (χ1n) is 10.5. The molecule has 0 atom stereocenters. The second-order valence-corrected chi connectivity index (χ2v) is 7.70. The minimum atomic E-state index is 0.702. The molecule has 1 heterocycles. The Morgan fingerprint density at radius 1 is 1.00 bits per heavy atom. The summed E-state index contributed by atoms with van der Waals surface area (Å²) in [7, 11) is 4.20. The molecule has 0 radical (unpaired) electrons. The van der Waals surface area contributed by atoms with Crippen molar-refractivity contribution < 1.29 is 0 Å². The van der Waals surface area contributed by atoms with E-state index >= 15 is 0 Å². The van der Waals surface area contributed by atoms with Crippen molar-refractivity contribution in [3.05, 3.63) is 48.0 Å². The van der Waals surface area contributed by atoms with Crippen molar-refractivity contribution in [3.63, 3.8) is 0 Å².